The Hall–Kier alpha value is -2.59. The molecule has 2 aliphatic heterocycles. The lowest BCUT2D eigenvalue weighted by atomic mass is 9.92. The fraction of sp³-hybridized carbons (Fsp3) is 0.565. The minimum atomic E-state index is -0.400. The molecule has 9 nitrogen and oxygen atoms in total. The van der Waals surface area contributed by atoms with Gasteiger partial charge in [0, 0.05) is 6.42 Å². The highest BCUT2D eigenvalue weighted by Gasteiger charge is 2.44. The summed E-state index contributed by atoms with van der Waals surface area (Å²) in [6.07, 6.45) is 2.06. The molecule has 4 rings (SSSR count). The molecule has 0 amide bonds. The van der Waals surface area contributed by atoms with Crippen molar-refractivity contribution in [2.45, 2.75) is 49.6 Å². The van der Waals surface area contributed by atoms with Gasteiger partial charge in [0.05, 0.1) is 32.8 Å². The Balaban J connectivity index is 1.63. The molecule has 2 unspecified atom stereocenters. The van der Waals surface area contributed by atoms with E-state index in [9.17, 15) is 9.59 Å². The molecule has 0 radical (unpaired) electrons. The summed E-state index contributed by atoms with van der Waals surface area (Å²) in [5, 5.41) is 4.62. The van der Waals surface area contributed by atoms with Crippen LogP contribution in [0.2, 0.25) is 0 Å². The fourth-order valence-corrected chi connectivity index (χ4v) is 5.75. The van der Waals surface area contributed by atoms with Crippen LogP contribution in [0.3, 0.4) is 0 Å². The van der Waals surface area contributed by atoms with Crippen LogP contribution in [0.4, 0.5) is 0 Å². The van der Waals surface area contributed by atoms with Crippen LogP contribution < -0.4 is 9.47 Å². The van der Waals surface area contributed by atoms with Gasteiger partial charge >= 0.3 is 5.97 Å². The van der Waals surface area contributed by atoms with E-state index >= 15 is 0 Å². The highest BCUT2D eigenvalue weighted by atomic mass is 32.2. The van der Waals surface area contributed by atoms with E-state index in [0.717, 1.165) is 5.56 Å². The van der Waals surface area contributed by atoms with Gasteiger partial charge in [-0.1, -0.05) is 24.8 Å². The Labute approximate surface area is 197 Å². The summed E-state index contributed by atoms with van der Waals surface area (Å²) in [6.45, 7) is 5.55. The van der Waals surface area contributed by atoms with Crippen LogP contribution in [0.25, 0.3) is 0 Å². The van der Waals surface area contributed by atoms with Crippen LogP contribution in [0.5, 0.6) is 11.5 Å². The van der Waals surface area contributed by atoms with E-state index in [1.807, 2.05) is 32.0 Å². The normalized spacial score (nSPS) is 19.9. The summed E-state index contributed by atoms with van der Waals surface area (Å²) in [5.74, 6) is 1.59. The molecule has 1 saturated heterocycles. The van der Waals surface area contributed by atoms with Crippen LogP contribution in [-0.4, -0.2) is 70.7 Å². The number of thioether (sulfide) groups is 1. The van der Waals surface area contributed by atoms with E-state index in [2.05, 4.69) is 15.0 Å². The number of piperidine rings is 1. The van der Waals surface area contributed by atoms with Crippen molar-refractivity contribution in [1.82, 2.24) is 19.7 Å². The molecule has 1 aromatic carbocycles. The van der Waals surface area contributed by atoms with Crippen molar-refractivity contribution in [2.75, 3.05) is 33.9 Å². The zero-order valence-corrected chi connectivity index (χ0v) is 20.3. The molecule has 2 atom stereocenters. The number of carbonyl (C=O) groups excluding carboxylic acids is 2. The Morgan fingerprint density at radius 1 is 1.18 bits per heavy atom. The standard InChI is InChI=1S/C23H30N4O5S/c1-5-18-24-23-27(25-18)21(28)20(33-23)19(15-7-8-16(30-3)17(13-15)31-4)26-11-9-14(10-12-26)22(29)32-6-2/h7-8,13-14,19-20H,5-6,9-12H2,1-4H3. The summed E-state index contributed by atoms with van der Waals surface area (Å²) in [6, 6.07) is 5.55. The number of ether oxygens (including phenoxy) is 3. The van der Waals surface area contributed by atoms with Crippen molar-refractivity contribution in [3.8, 4) is 11.5 Å². The van der Waals surface area contributed by atoms with Crippen LogP contribution >= 0.6 is 11.8 Å². The number of likely N-dealkylation sites (tertiary alicyclic amines) is 1. The number of aryl methyl sites for hydroxylation is 1. The molecule has 33 heavy (non-hydrogen) atoms. The van der Waals surface area contributed by atoms with E-state index in [-0.39, 0.29) is 23.8 Å². The number of fused-ring (bicyclic) bond motifs is 1. The lowest BCUT2D eigenvalue weighted by Crippen LogP contribution is -2.44. The maximum absolute atomic E-state index is 13.4. The van der Waals surface area contributed by atoms with E-state index in [1.165, 1.54) is 16.4 Å². The second-order valence-electron chi connectivity index (χ2n) is 8.07. The number of methoxy groups -OCH3 is 2. The fourth-order valence-electron chi connectivity index (χ4n) is 4.48. The smallest absolute Gasteiger partial charge is 0.309 e. The van der Waals surface area contributed by atoms with E-state index in [4.69, 9.17) is 14.2 Å². The second kappa shape index (κ2) is 10.1. The Morgan fingerprint density at radius 3 is 2.52 bits per heavy atom. The van der Waals surface area contributed by atoms with Gasteiger partial charge in [0.15, 0.2) is 22.5 Å². The SMILES string of the molecule is CCOC(=O)C1CCN(C(c2ccc(OC)c(OC)c2)C2Sc3nc(CC)nn3C2=O)CC1. The van der Waals surface area contributed by atoms with Crippen molar-refractivity contribution in [3.05, 3.63) is 29.6 Å². The quantitative estimate of drug-likeness (QED) is 0.535. The molecule has 0 N–H and O–H groups in total. The predicted octanol–water partition coefficient (Wildman–Crippen LogP) is 2.99. The predicted molar refractivity (Wildman–Crippen MR) is 123 cm³/mol. The van der Waals surface area contributed by atoms with Crippen molar-refractivity contribution in [2.24, 2.45) is 5.92 Å². The number of benzene rings is 1. The molecule has 0 saturated carbocycles. The Bertz CT molecular complexity index is 1020. The largest absolute Gasteiger partial charge is 0.493 e. The van der Waals surface area contributed by atoms with Crippen LogP contribution in [0.1, 0.15) is 48.9 Å². The van der Waals surface area contributed by atoms with Gasteiger partial charge in [-0.25, -0.2) is 4.98 Å². The first-order valence-corrected chi connectivity index (χ1v) is 12.2. The zero-order valence-electron chi connectivity index (χ0n) is 19.4. The molecule has 10 heteroatoms. The molecule has 2 aromatic rings. The molecule has 0 bridgehead atoms. The molecule has 3 heterocycles. The van der Waals surface area contributed by atoms with Crippen LogP contribution in [-0.2, 0) is 16.0 Å². The van der Waals surface area contributed by atoms with Gasteiger partial charge in [-0.15, -0.1) is 5.10 Å². The van der Waals surface area contributed by atoms with Crippen molar-refractivity contribution in [3.63, 3.8) is 0 Å². The maximum atomic E-state index is 13.4. The highest BCUT2D eigenvalue weighted by Crippen LogP contribution is 2.43. The summed E-state index contributed by atoms with van der Waals surface area (Å²) >= 11 is 1.45. The number of carbonyl (C=O) groups is 2. The average molecular weight is 475 g/mol. The Kier molecular flexibility index (Phi) is 7.23. The summed E-state index contributed by atoms with van der Waals surface area (Å²) in [5.41, 5.74) is 0.953. The minimum absolute atomic E-state index is 0.0745. The van der Waals surface area contributed by atoms with Crippen molar-refractivity contribution in [1.29, 1.82) is 0 Å². The van der Waals surface area contributed by atoms with Crippen molar-refractivity contribution < 1.29 is 23.8 Å². The summed E-state index contributed by atoms with van der Waals surface area (Å²) < 4.78 is 17.6. The zero-order chi connectivity index (χ0) is 23.5. The number of hydrogen-bond donors (Lipinski definition) is 0. The minimum Gasteiger partial charge on any atom is -0.493 e. The highest BCUT2D eigenvalue weighted by molar-refractivity contribution is 8.00. The molecular weight excluding hydrogens is 444 g/mol. The first kappa shape index (κ1) is 23.6. The van der Waals surface area contributed by atoms with Gasteiger partial charge in [-0.05, 0) is 50.6 Å². The number of nitrogens with zero attached hydrogens (tertiary/aromatic N) is 4. The number of rotatable bonds is 8. The molecule has 0 aliphatic carbocycles. The molecule has 1 fully saturated rings. The van der Waals surface area contributed by atoms with Gasteiger partial charge in [-0.2, -0.15) is 4.68 Å². The molecule has 2 aliphatic rings. The number of aromatic nitrogens is 3. The van der Waals surface area contributed by atoms with Gasteiger partial charge in [0.1, 0.15) is 5.25 Å². The van der Waals surface area contributed by atoms with Gasteiger partial charge in [0.25, 0.3) is 5.91 Å². The third-order valence-electron chi connectivity index (χ3n) is 6.20. The molecular formula is C23H30N4O5S. The lowest BCUT2D eigenvalue weighted by Gasteiger charge is -2.39. The van der Waals surface area contributed by atoms with Gasteiger partial charge in [-0.3, -0.25) is 14.5 Å². The molecule has 0 spiro atoms. The van der Waals surface area contributed by atoms with Crippen LogP contribution in [0, 0.1) is 5.92 Å². The third-order valence-corrected chi connectivity index (χ3v) is 7.39. The molecule has 1 aromatic heterocycles. The van der Waals surface area contributed by atoms with Gasteiger partial charge < -0.3 is 14.2 Å². The van der Waals surface area contributed by atoms with E-state index < -0.39 is 5.25 Å². The van der Waals surface area contributed by atoms with Crippen LogP contribution in [0.15, 0.2) is 23.4 Å². The topological polar surface area (TPSA) is 95.8 Å². The monoisotopic (exact) mass is 474 g/mol. The van der Waals surface area contributed by atoms with E-state index in [0.29, 0.717) is 61.4 Å². The van der Waals surface area contributed by atoms with Gasteiger partial charge in [0.2, 0.25) is 0 Å². The lowest BCUT2D eigenvalue weighted by molar-refractivity contribution is -0.149. The van der Waals surface area contributed by atoms with Crippen molar-refractivity contribution >= 4 is 23.6 Å². The average Bonchev–Trinajstić information content (AvgIpc) is 3.38. The third kappa shape index (κ3) is 4.59. The second-order valence-corrected chi connectivity index (χ2v) is 9.18. The first-order chi connectivity index (χ1) is 16.0. The number of hydrogen-bond acceptors (Lipinski definition) is 9. The number of esters is 1. The summed E-state index contributed by atoms with van der Waals surface area (Å²) in [7, 11) is 3.20. The molecule has 178 valence electrons. The maximum Gasteiger partial charge on any atom is 0.309 e. The Morgan fingerprint density at radius 2 is 1.91 bits per heavy atom. The van der Waals surface area contributed by atoms with E-state index in [1.54, 1.807) is 14.2 Å². The first-order valence-electron chi connectivity index (χ1n) is 11.3. The summed E-state index contributed by atoms with van der Waals surface area (Å²) in [4.78, 5) is 32.4.